The van der Waals surface area contributed by atoms with Crippen LogP contribution in [0.5, 0.6) is 0 Å². The Kier molecular flexibility index (Phi) is 5.15. The van der Waals surface area contributed by atoms with Gasteiger partial charge in [0.15, 0.2) is 5.96 Å². The Hall–Kier alpha value is -1.65. The zero-order chi connectivity index (χ0) is 15.4. The molecule has 0 fully saturated rings. The molecule has 0 saturated carbocycles. The van der Waals surface area contributed by atoms with Crippen LogP contribution >= 0.6 is 23.2 Å². The summed E-state index contributed by atoms with van der Waals surface area (Å²) < 4.78 is 2.01. The fourth-order valence-electron chi connectivity index (χ4n) is 2.02. The number of rotatable bonds is 4. The summed E-state index contributed by atoms with van der Waals surface area (Å²) >= 11 is 12.1. The highest BCUT2D eigenvalue weighted by molar-refractivity contribution is 6.35. The van der Waals surface area contributed by atoms with Crippen LogP contribution in [0.25, 0.3) is 0 Å². The number of aliphatic imine (C=N–C) groups is 1. The van der Waals surface area contributed by atoms with Gasteiger partial charge in [-0.2, -0.15) is 0 Å². The Bertz CT molecular complexity index is 649. The van der Waals surface area contributed by atoms with E-state index in [0.717, 1.165) is 11.3 Å². The molecule has 4 nitrogen and oxygen atoms in total. The fraction of sp³-hybridized carbons (Fsp3) is 0.267. The number of hydrogen-bond donors (Lipinski definition) is 2. The molecule has 0 saturated heterocycles. The molecule has 1 aromatic carbocycles. The Morgan fingerprint density at radius 3 is 2.76 bits per heavy atom. The number of aryl methyl sites for hydroxylation is 1. The standard InChI is InChI=1S/C15H18Cl2N4/c1-10(13-6-5-11(16)8-14(13)17)20-15(18)19-9-12-4-3-7-21(12)2/h3-8,10H,9H2,1-2H3,(H3,18,19,20). The summed E-state index contributed by atoms with van der Waals surface area (Å²) in [7, 11) is 1.98. The summed E-state index contributed by atoms with van der Waals surface area (Å²) in [5.74, 6) is 0.384. The minimum absolute atomic E-state index is 0.0491. The maximum atomic E-state index is 6.18. The highest BCUT2D eigenvalue weighted by Crippen LogP contribution is 2.25. The normalized spacial score (nSPS) is 13.2. The molecule has 1 heterocycles. The molecule has 1 atom stereocenters. The smallest absolute Gasteiger partial charge is 0.189 e. The van der Waals surface area contributed by atoms with Gasteiger partial charge < -0.3 is 15.6 Å². The lowest BCUT2D eigenvalue weighted by Gasteiger charge is -2.16. The molecule has 112 valence electrons. The zero-order valence-corrected chi connectivity index (χ0v) is 13.5. The average Bonchev–Trinajstić information content (AvgIpc) is 2.81. The van der Waals surface area contributed by atoms with Crippen molar-refractivity contribution < 1.29 is 0 Å². The van der Waals surface area contributed by atoms with Crippen molar-refractivity contribution in [3.05, 3.63) is 57.8 Å². The third-order valence-corrected chi connectivity index (χ3v) is 3.82. The van der Waals surface area contributed by atoms with Crippen LogP contribution in [-0.4, -0.2) is 10.5 Å². The van der Waals surface area contributed by atoms with E-state index in [1.165, 1.54) is 0 Å². The number of nitrogens with zero attached hydrogens (tertiary/aromatic N) is 2. The summed E-state index contributed by atoms with van der Waals surface area (Å²) in [5, 5.41) is 4.35. The number of nitrogens with one attached hydrogen (secondary N) is 1. The SMILES string of the molecule is CC(NC(N)=NCc1cccn1C)c1ccc(Cl)cc1Cl. The molecule has 6 heteroatoms. The second-order valence-corrected chi connectivity index (χ2v) is 5.69. The predicted molar refractivity (Wildman–Crippen MR) is 88.8 cm³/mol. The van der Waals surface area contributed by atoms with Crippen molar-refractivity contribution in [1.82, 2.24) is 9.88 Å². The van der Waals surface area contributed by atoms with Gasteiger partial charge in [-0.05, 0) is 36.8 Å². The summed E-state index contributed by atoms with van der Waals surface area (Å²) in [5.41, 5.74) is 7.94. The molecule has 2 aromatic rings. The second-order valence-electron chi connectivity index (χ2n) is 4.84. The van der Waals surface area contributed by atoms with Gasteiger partial charge in [-0.3, -0.25) is 0 Å². The topological polar surface area (TPSA) is 55.3 Å². The molecule has 3 N–H and O–H groups in total. The minimum atomic E-state index is -0.0491. The first-order valence-corrected chi connectivity index (χ1v) is 7.34. The van der Waals surface area contributed by atoms with Gasteiger partial charge in [-0.15, -0.1) is 0 Å². The Morgan fingerprint density at radius 2 is 2.14 bits per heavy atom. The number of nitrogens with two attached hydrogens (primary N) is 1. The Balaban J connectivity index is 2.01. The molecule has 1 aromatic heterocycles. The molecule has 0 aliphatic rings. The van der Waals surface area contributed by atoms with Crippen LogP contribution in [0.4, 0.5) is 0 Å². The maximum absolute atomic E-state index is 6.18. The van der Waals surface area contributed by atoms with Gasteiger partial charge in [-0.1, -0.05) is 29.3 Å². The quantitative estimate of drug-likeness (QED) is 0.668. The van der Waals surface area contributed by atoms with Crippen molar-refractivity contribution in [3.63, 3.8) is 0 Å². The number of halogens is 2. The second kappa shape index (κ2) is 6.87. The van der Waals surface area contributed by atoms with E-state index in [-0.39, 0.29) is 6.04 Å². The Labute approximate surface area is 134 Å². The number of aromatic nitrogens is 1. The average molecular weight is 325 g/mol. The van der Waals surface area contributed by atoms with Gasteiger partial charge in [0, 0.05) is 29.0 Å². The van der Waals surface area contributed by atoms with Crippen molar-refractivity contribution in [1.29, 1.82) is 0 Å². The summed E-state index contributed by atoms with van der Waals surface area (Å²) in [6, 6.07) is 9.34. The van der Waals surface area contributed by atoms with Crippen LogP contribution in [0.2, 0.25) is 10.0 Å². The lowest BCUT2D eigenvalue weighted by atomic mass is 10.1. The van der Waals surface area contributed by atoms with E-state index >= 15 is 0 Å². The number of guanidine groups is 1. The van der Waals surface area contributed by atoms with Crippen LogP contribution < -0.4 is 11.1 Å². The highest BCUT2D eigenvalue weighted by Gasteiger charge is 2.10. The highest BCUT2D eigenvalue weighted by atomic mass is 35.5. The molecule has 0 aliphatic carbocycles. The maximum Gasteiger partial charge on any atom is 0.189 e. The van der Waals surface area contributed by atoms with Crippen LogP contribution in [0.3, 0.4) is 0 Å². The molecular weight excluding hydrogens is 307 g/mol. The van der Waals surface area contributed by atoms with Crippen LogP contribution in [0, 0.1) is 0 Å². The van der Waals surface area contributed by atoms with Crippen LogP contribution in [-0.2, 0) is 13.6 Å². The van der Waals surface area contributed by atoms with E-state index in [2.05, 4.69) is 10.3 Å². The molecule has 0 aliphatic heterocycles. The van der Waals surface area contributed by atoms with Crippen molar-refractivity contribution >= 4 is 29.2 Å². The van der Waals surface area contributed by atoms with E-state index in [1.54, 1.807) is 12.1 Å². The largest absolute Gasteiger partial charge is 0.370 e. The van der Waals surface area contributed by atoms with E-state index in [9.17, 15) is 0 Å². The molecule has 0 bridgehead atoms. The lowest BCUT2D eigenvalue weighted by molar-refractivity contribution is 0.705. The molecule has 2 rings (SSSR count). The Morgan fingerprint density at radius 1 is 1.38 bits per heavy atom. The molecule has 1 unspecified atom stereocenters. The van der Waals surface area contributed by atoms with Crippen LogP contribution in [0.1, 0.15) is 24.2 Å². The van der Waals surface area contributed by atoms with E-state index in [1.807, 2.05) is 42.9 Å². The van der Waals surface area contributed by atoms with Gasteiger partial charge in [-0.25, -0.2) is 4.99 Å². The van der Waals surface area contributed by atoms with Crippen molar-refractivity contribution in [2.75, 3.05) is 0 Å². The summed E-state index contributed by atoms with van der Waals surface area (Å²) in [6.07, 6.45) is 1.98. The summed E-state index contributed by atoms with van der Waals surface area (Å²) in [6.45, 7) is 2.50. The lowest BCUT2D eigenvalue weighted by Crippen LogP contribution is -2.34. The molecule has 0 amide bonds. The first kappa shape index (κ1) is 15.7. The number of hydrogen-bond acceptors (Lipinski definition) is 1. The van der Waals surface area contributed by atoms with Crippen molar-refractivity contribution in [2.45, 2.75) is 19.5 Å². The molecule has 21 heavy (non-hydrogen) atoms. The third-order valence-electron chi connectivity index (χ3n) is 3.26. The first-order chi connectivity index (χ1) is 9.97. The zero-order valence-electron chi connectivity index (χ0n) is 12.0. The van der Waals surface area contributed by atoms with Crippen molar-refractivity contribution in [2.24, 2.45) is 17.8 Å². The molecule has 0 spiro atoms. The molecule has 0 radical (unpaired) electrons. The van der Waals surface area contributed by atoms with E-state index in [4.69, 9.17) is 28.9 Å². The predicted octanol–water partition coefficient (Wildman–Crippen LogP) is 3.50. The number of benzene rings is 1. The third kappa shape index (κ3) is 4.16. The van der Waals surface area contributed by atoms with Gasteiger partial charge in [0.1, 0.15) is 0 Å². The van der Waals surface area contributed by atoms with Crippen LogP contribution in [0.15, 0.2) is 41.5 Å². The van der Waals surface area contributed by atoms with Gasteiger partial charge in [0.2, 0.25) is 0 Å². The minimum Gasteiger partial charge on any atom is -0.370 e. The van der Waals surface area contributed by atoms with Gasteiger partial charge in [0.05, 0.1) is 12.6 Å². The molecular formula is C15H18Cl2N4. The van der Waals surface area contributed by atoms with Crippen molar-refractivity contribution in [3.8, 4) is 0 Å². The fourth-order valence-corrected chi connectivity index (χ4v) is 2.60. The van der Waals surface area contributed by atoms with E-state index < -0.39 is 0 Å². The monoisotopic (exact) mass is 324 g/mol. The van der Waals surface area contributed by atoms with Gasteiger partial charge in [0.25, 0.3) is 0 Å². The van der Waals surface area contributed by atoms with Gasteiger partial charge >= 0.3 is 0 Å². The van der Waals surface area contributed by atoms with E-state index in [0.29, 0.717) is 22.5 Å². The first-order valence-electron chi connectivity index (χ1n) is 6.59. The summed E-state index contributed by atoms with van der Waals surface area (Å²) in [4.78, 5) is 4.33.